The zero-order chi connectivity index (χ0) is 13.8. The van der Waals surface area contributed by atoms with E-state index in [1.807, 2.05) is 12.1 Å². The van der Waals surface area contributed by atoms with Crippen LogP contribution in [0.25, 0.3) is 11.5 Å². The summed E-state index contributed by atoms with van der Waals surface area (Å²) >= 11 is 6.84. The average molecular weight is 387 g/mol. The van der Waals surface area contributed by atoms with Gasteiger partial charge in [-0.3, -0.25) is 4.98 Å². The van der Waals surface area contributed by atoms with Crippen LogP contribution in [0, 0.1) is 0 Å². The number of halogens is 2. The topological polar surface area (TPSA) is 76.7 Å². The van der Waals surface area contributed by atoms with E-state index in [1.54, 1.807) is 6.20 Å². The third-order valence-electron chi connectivity index (χ3n) is 2.45. The SMILES string of the molecule is CCCc1cc(NN)nc(-c2ncc(Br)cc2Br)n1. The van der Waals surface area contributed by atoms with Crippen LogP contribution in [-0.4, -0.2) is 15.0 Å². The minimum atomic E-state index is 0.554. The summed E-state index contributed by atoms with van der Waals surface area (Å²) in [4.78, 5) is 13.2. The van der Waals surface area contributed by atoms with Crippen molar-refractivity contribution in [2.24, 2.45) is 5.84 Å². The van der Waals surface area contributed by atoms with Crippen LogP contribution in [0.1, 0.15) is 19.0 Å². The summed E-state index contributed by atoms with van der Waals surface area (Å²) in [6.07, 6.45) is 3.60. The maximum atomic E-state index is 5.44. The van der Waals surface area contributed by atoms with E-state index in [0.29, 0.717) is 17.3 Å². The van der Waals surface area contributed by atoms with Gasteiger partial charge >= 0.3 is 0 Å². The number of nitrogens with two attached hydrogens (primary N) is 1. The number of hydrogen-bond donors (Lipinski definition) is 2. The lowest BCUT2D eigenvalue weighted by Gasteiger charge is -2.08. The van der Waals surface area contributed by atoms with Crippen LogP contribution in [0.2, 0.25) is 0 Å². The maximum absolute atomic E-state index is 5.44. The summed E-state index contributed by atoms with van der Waals surface area (Å²) in [6.45, 7) is 2.10. The first-order chi connectivity index (χ1) is 9.13. The molecule has 0 aromatic carbocycles. The second-order valence-electron chi connectivity index (χ2n) is 3.95. The van der Waals surface area contributed by atoms with Crippen LogP contribution >= 0.6 is 31.9 Å². The number of aromatic nitrogens is 3. The molecule has 0 bridgehead atoms. The highest BCUT2D eigenvalue weighted by Gasteiger charge is 2.11. The van der Waals surface area contributed by atoms with Crippen molar-refractivity contribution in [1.29, 1.82) is 0 Å². The summed E-state index contributed by atoms with van der Waals surface area (Å²) in [6, 6.07) is 3.76. The van der Waals surface area contributed by atoms with E-state index in [9.17, 15) is 0 Å². The molecule has 2 rings (SSSR count). The second kappa shape index (κ2) is 6.40. The molecule has 0 fully saturated rings. The Morgan fingerprint density at radius 2 is 2.05 bits per heavy atom. The molecule has 7 heteroatoms. The Hall–Kier alpha value is -1.05. The van der Waals surface area contributed by atoms with Gasteiger partial charge in [-0.1, -0.05) is 13.3 Å². The molecule has 0 radical (unpaired) electrons. The van der Waals surface area contributed by atoms with Gasteiger partial charge in [-0.15, -0.1) is 0 Å². The van der Waals surface area contributed by atoms with Gasteiger partial charge in [-0.25, -0.2) is 15.8 Å². The number of nitrogens with one attached hydrogen (secondary N) is 1. The average Bonchev–Trinajstić information content (AvgIpc) is 2.38. The lowest BCUT2D eigenvalue weighted by Crippen LogP contribution is -2.11. The summed E-state index contributed by atoms with van der Waals surface area (Å²) in [5.41, 5.74) is 4.20. The lowest BCUT2D eigenvalue weighted by atomic mass is 10.2. The Morgan fingerprint density at radius 1 is 1.26 bits per heavy atom. The van der Waals surface area contributed by atoms with Crippen molar-refractivity contribution in [3.8, 4) is 11.5 Å². The number of hydrogen-bond acceptors (Lipinski definition) is 5. The van der Waals surface area contributed by atoms with E-state index in [-0.39, 0.29) is 0 Å². The van der Waals surface area contributed by atoms with E-state index in [1.165, 1.54) is 0 Å². The van der Waals surface area contributed by atoms with E-state index < -0.39 is 0 Å². The van der Waals surface area contributed by atoms with Gasteiger partial charge < -0.3 is 5.43 Å². The zero-order valence-corrected chi connectivity index (χ0v) is 13.5. The fourth-order valence-electron chi connectivity index (χ4n) is 1.64. The first kappa shape index (κ1) is 14.4. The molecule has 3 N–H and O–H groups in total. The van der Waals surface area contributed by atoms with Crippen LogP contribution in [0.3, 0.4) is 0 Å². The second-order valence-corrected chi connectivity index (χ2v) is 5.72. The van der Waals surface area contributed by atoms with Crippen LogP contribution < -0.4 is 11.3 Å². The van der Waals surface area contributed by atoms with Crippen molar-refractivity contribution in [1.82, 2.24) is 15.0 Å². The molecule has 2 aromatic heterocycles. The molecule has 0 aliphatic heterocycles. The molecular weight excluding hydrogens is 374 g/mol. The molecule has 0 atom stereocenters. The maximum Gasteiger partial charge on any atom is 0.181 e. The van der Waals surface area contributed by atoms with Crippen molar-refractivity contribution in [2.45, 2.75) is 19.8 Å². The molecule has 0 unspecified atom stereocenters. The molecule has 0 saturated heterocycles. The van der Waals surface area contributed by atoms with E-state index >= 15 is 0 Å². The van der Waals surface area contributed by atoms with Gasteiger partial charge in [0.1, 0.15) is 11.5 Å². The number of nitrogens with zero attached hydrogens (tertiary/aromatic N) is 3. The van der Waals surface area contributed by atoms with Gasteiger partial charge in [0.05, 0.1) is 0 Å². The van der Waals surface area contributed by atoms with Gasteiger partial charge in [0.25, 0.3) is 0 Å². The Labute approximate surface area is 128 Å². The molecule has 5 nitrogen and oxygen atoms in total. The minimum absolute atomic E-state index is 0.554. The molecule has 0 aliphatic rings. The lowest BCUT2D eigenvalue weighted by molar-refractivity contribution is 0.873. The van der Waals surface area contributed by atoms with Crippen molar-refractivity contribution in [3.63, 3.8) is 0 Å². The Balaban J connectivity index is 2.51. The molecule has 0 aliphatic carbocycles. The largest absolute Gasteiger partial charge is 0.308 e. The molecule has 0 amide bonds. The van der Waals surface area contributed by atoms with Crippen LogP contribution in [-0.2, 0) is 6.42 Å². The predicted molar refractivity (Wildman–Crippen MR) is 82.5 cm³/mol. The molecule has 19 heavy (non-hydrogen) atoms. The van der Waals surface area contributed by atoms with Crippen molar-refractivity contribution in [2.75, 3.05) is 5.43 Å². The van der Waals surface area contributed by atoms with Gasteiger partial charge in [0.15, 0.2) is 5.82 Å². The monoisotopic (exact) mass is 385 g/mol. The fraction of sp³-hybridized carbons (Fsp3) is 0.250. The standard InChI is InChI=1S/C12H13Br2N5/c1-2-3-8-5-10(19-15)18-12(17-8)11-9(14)4-7(13)6-16-11/h4-6H,2-3,15H2,1H3,(H,17,18,19). The summed E-state index contributed by atoms with van der Waals surface area (Å²) < 4.78 is 1.73. The molecule has 2 heterocycles. The van der Waals surface area contributed by atoms with Crippen LogP contribution in [0.5, 0.6) is 0 Å². The van der Waals surface area contributed by atoms with Gasteiger partial charge in [0.2, 0.25) is 0 Å². The molecule has 0 saturated carbocycles. The van der Waals surface area contributed by atoms with E-state index in [0.717, 1.165) is 27.5 Å². The highest BCUT2D eigenvalue weighted by molar-refractivity contribution is 9.11. The highest BCUT2D eigenvalue weighted by Crippen LogP contribution is 2.27. The highest BCUT2D eigenvalue weighted by atomic mass is 79.9. The number of anilines is 1. The normalized spacial score (nSPS) is 10.5. The zero-order valence-electron chi connectivity index (χ0n) is 10.3. The van der Waals surface area contributed by atoms with E-state index in [4.69, 9.17) is 5.84 Å². The van der Waals surface area contributed by atoms with Gasteiger partial charge in [-0.2, -0.15) is 0 Å². The number of hydrazine groups is 1. The van der Waals surface area contributed by atoms with Crippen molar-refractivity contribution >= 4 is 37.7 Å². The third-order valence-corrected chi connectivity index (χ3v) is 3.49. The number of nitrogen functional groups attached to an aromatic ring is 1. The molecular formula is C12H13Br2N5. The summed E-state index contributed by atoms with van der Waals surface area (Å²) in [5, 5.41) is 0. The number of aryl methyl sites for hydroxylation is 1. The van der Waals surface area contributed by atoms with Gasteiger partial charge in [-0.05, 0) is 44.3 Å². The Morgan fingerprint density at radius 3 is 2.68 bits per heavy atom. The quantitative estimate of drug-likeness (QED) is 0.622. The smallest absolute Gasteiger partial charge is 0.181 e. The van der Waals surface area contributed by atoms with Crippen molar-refractivity contribution < 1.29 is 0 Å². The molecule has 100 valence electrons. The predicted octanol–water partition coefficient (Wildman–Crippen LogP) is 3.30. The minimum Gasteiger partial charge on any atom is -0.308 e. The van der Waals surface area contributed by atoms with Crippen LogP contribution in [0.4, 0.5) is 5.82 Å². The van der Waals surface area contributed by atoms with Crippen molar-refractivity contribution in [3.05, 3.63) is 33.0 Å². The Kier molecular flexibility index (Phi) is 4.84. The molecule has 2 aromatic rings. The number of rotatable bonds is 4. The summed E-state index contributed by atoms with van der Waals surface area (Å²) in [5.74, 6) is 6.59. The van der Waals surface area contributed by atoms with E-state index in [2.05, 4.69) is 59.2 Å². The Bertz CT molecular complexity index is 588. The third kappa shape index (κ3) is 3.49. The van der Waals surface area contributed by atoms with Crippen LogP contribution in [0.15, 0.2) is 27.3 Å². The summed E-state index contributed by atoms with van der Waals surface area (Å²) in [7, 11) is 0. The first-order valence-corrected chi connectivity index (χ1v) is 7.38. The fourth-order valence-corrected chi connectivity index (χ4v) is 2.81. The molecule has 0 spiro atoms. The first-order valence-electron chi connectivity index (χ1n) is 5.80. The van der Waals surface area contributed by atoms with Gasteiger partial charge in [0, 0.05) is 26.9 Å². The number of pyridine rings is 1.